The van der Waals surface area contributed by atoms with Gasteiger partial charge in [0, 0.05) is 39.9 Å². The van der Waals surface area contributed by atoms with Crippen molar-refractivity contribution in [2.45, 2.75) is 31.7 Å². The van der Waals surface area contributed by atoms with Crippen LogP contribution in [-0.2, 0) is 23.5 Å². The van der Waals surface area contributed by atoms with Crippen molar-refractivity contribution in [1.82, 2.24) is 15.6 Å². The van der Waals surface area contributed by atoms with Gasteiger partial charge in [-0.1, -0.05) is 54.6 Å². The molecule has 6 rings (SSSR count). The fourth-order valence-corrected chi connectivity index (χ4v) is 6.92. The Morgan fingerprint density at radius 2 is 1.69 bits per heavy atom. The molecule has 2 aromatic heterocycles. The second-order valence-electron chi connectivity index (χ2n) is 12.1. The molecule has 6 aromatic rings. The number of aromatic amines is 1. The number of aliphatic hydroxyl groups is 2. The maximum Gasteiger partial charge on any atom is 0.345 e. The molecule has 0 saturated carbocycles. The van der Waals surface area contributed by atoms with Crippen LogP contribution in [0.5, 0.6) is 5.75 Å². The molecule has 12 heteroatoms. The first kappa shape index (κ1) is 35.2. The van der Waals surface area contributed by atoms with Gasteiger partial charge in [-0.15, -0.1) is 11.3 Å². The summed E-state index contributed by atoms with van der Waals surface area (Å²) in [6.45, 7) is 2.20. The highest BCUT2D eigenvalue weighted by atomic mass is 32.1. The number of thiophene rings is 1. The van der Waals surface area contributed by atoms with E-state index in [2.05, 4.69) is 15.6 Å². The predicted octanol–water partition coefficient (Wildman–Crippen LogP) is 5.48. The Kier molecular flexibility index (Phi) is 10.1. The number of aromatic nitrogens is 1. The third kappa shape index (κ3) is 7.30. The highest BCUT2D eigenvalue weighted by Gasteiger charge is 2.40. The van der Waals surface area contributed by atoms with Gasteiger partial charge in [-0.3, -0.25) is 9.59 Å². The highest BCUT2D eigenvalue weighted by molar-refractivity contribution is 7.15. The van der Waals surface area contributed by atoms with E-state index in [1.807, 2.05) is 12.1 Å². The van der Waals surface area contributed by atoms with Gasteiger partial charge in [-0.2, -0.15) is 0 Å². The fraction of sp³-hybridized carbons (Fsp3) is 0.154. The maximum atomic E-state index is 15.2. The molecule has 0 saturated heterocycles. The maximum absolute atomic E-state index is 15.2. The van der Waals surface area contributed by atoms with Crippen molar-refractivity contribution in [2.75, 3.05) is 6.54 Å². The third-order valence-corrected chi connectivity index (χ3v) is 9.87. The Morgan fingerprint density at radius 1 is 0.922 bits per heavy atom. The SMILES string of the molecule is Cc1cc(C(=O)NCc2ccc(-c3cccc([C@](O)(C(=O)O)c4ccccc4)c3)s2)c(F)cc1CNC[C@H](O)c1ccc(O)c2[nH]c(=O)ccc12. The number of carbonyl (C=O) groups is 2. The summed E-state index contributed by atoms with van der Waals surface area (Å²) in [5.74, 6) is -2.79. The number of phenolic OH excluding ortho intramolecular Hbond substituents is 1. The molecule has 0 aliphatic rings. The number of halogens is 1. The van der Waals surface area contributed by atoms with Gasteiger partial charge in [0.1, 0.15) is 11.6 Å². The number of amides is 1. The molecule has 10 nitrogen and oxygen atoms in total. The molecule has 51 heavy (non-hydrogen) atoms. The van der Waals surface area contributed by atoms with E-state index in [-0.39, 0.29) is 53.2 Å². The summed E-state index contributed by atoms with van der Waals surface area (Å²) in [6, 6.07) is 27.1. The van der Waals surface area contributed by atoms with Gasteiger partial charge in [0.05, 0.1) is 23.7 Å². The first-order chi connectivity index (χ1) is 24.4. The van der Waals surface area contributed by atoms with Gasteiger partial charge in [0.2, 0.25) is 11.2 Å². The number of carboxylic acid groups (broad SMARTS) is 1. The molecule has 1 amide bonds. The van der Waals surface area contributed by atoms with Crippen LogP contribution in [0.3, 0.4) is 0 Å². The molecule has 0 aliphatic carbocycles. The summed E-state index contributed by atoms with van der Waals surface area (Å²) in [5.41, 5.74) is 0.391. The molecule has 0 bridgehead atoms. The number of rotatable bonds is 12. The first-order valence-corrected chi connectivity index (χ1v) is 16.8. The lowest BCUT2D eigenvalue weighted by Crippen LogP contribution is -2.36. The smallest absolute Gasteiger partial charge is 0.345 e. The van der Waals surface area contributed by atoms with E-state index < -0.39 is 29.4 Å². The van der Waals surface area contributed by atoms with E-state index in [1.54, 1.807) is 67.6 Å². The monoisotopic (exact) mass is 707 g/mol. The minimum atomic E-state index is -2.24. The number of nitrogens with one attached hydrogen (secondary N) is 3. The molecule has 7 N–H and O–H groups in total. The van der Waals surface area contributed by atoms with Crippen molar-refractivity contribution in [3.05, 3.63) is 158 Å². The van der Waals surface area contributed by atoms with Crippen molar-refractivity contribution in [3.8, 4) is 16.2 Å². The number of hydrogen-bond acceptors (Lipinski definition) is 8. The number of aliphatic carboxylic acids is 1. The second kappa shape index (κ2) is 14.7. The minimum absolute atomic E-state index is 0.100. The quantitative estimate of drug-likeness (QED) is 0.0876. The van der Waals surface area contributed by atoms with Crippen LogP contribution >= 0.6 is 11.3 Å². The van der Waals surface area contributed by atoms with Crippen LogP contribution in [0, 0.1) is 12.7 Å². The Balaban J connectivity index is 1.08. The first-order valence-electron chi connectivity index (χ1n) is 16.0. The zero-order valence-electron chi connectivity index (χ0n) is 27.3. The van der Waals surface area contributed by atoms with Gasteiger partial charge in [0.25, 0.3) is 5.91 Å². The zero-order valence-corrected chi connectivity index (χ0v) is 28.1. The van der Waals surface area contributed by atoms with Crippen molar-refractivity contribution in [3.63, 3.8) is 0 Å². The molecule has 0 radical (unpaired) electrons. The predicted molar refractivity (Wildman–Crippen MR) is 192 cm³/mol. The van der Waals surface area contributed by atoms with E-state index >= 15 is 4.39 Å². The van der Waals surface area contributed by atoms with Crippen LogP contribution in [0.25, 0.3) is 21.3 Å². The Hall–Kier alpha value is -5.66. The number of aromatic hydroxyl groups is 1. The molecular weight excluding hydrogens is 674 g/mol. The number of aryl methyl sites for hydroxylation is 1. The van der Waals surface area contributed by atoms with Gasteiger partial charge < -0.3 is 36.0 Å². The molecule has 0 unspecified atom stereocenters. The third-order valence-electron chi connectivity index (χ3n) is 8.74. The van der Waals surface area contributed by atoms with Gasteiger partial charge in [-0.05, 0) is 77.2 Å². The lowest BCUT2D eigenvalue weighted by Gasteiger charge is -2.25. The van der Waals surface area contributed by atoms with E-state index in [4.69, 9.17) is 0 Å². The van der Waals surface area contributed by atoms with Crippen LogP contribution in [0.15, 0.2) is 108 Å². The van der Waals surface area contributed by atoms with Crippen molar-refractivity contribution < 1.29 is 34.4 Å². The number of carbonyl (C=O) groups excluding carboxylic acids is 1. The number of H-pyrrole nitrogens is 1. The van der Waals surface area contributed by atoms with Gasteiger partial charge >= 0.3 is 5.97 Å². The van der Waals surface area contributed by atoms with Crippen LogP contribution in [-0.4, -0.2) is 43.8 Å². The van der Waals surface area contributed by atoms with Crippen molar-refractivity contribution in [1.29, 1.82) is 0 Å². The summed E-state index contributed by atoms with van der Waals surface area (Å²) in [7, 11) is 0. The van der Waals surface area contributed by atoms with Crippen molar-refractivity contribution in [2.24, 2.45) is 0 Å². The number of hydrogen-bond donors (Lipinski definition) is 7. The lowest BCUT2D eigenvalue weighted by molar-refractivity contribution is -0.155. The fourth-order valence-electron chi connectivity index (χ4n) is 5.97. The normalized spacial score (nSPS) is 13.1. The molecule has 0 spiro atoms. The lowest BCUT2D eigenvalue weighted by atomic mass is 9.85. The molecule has 2 atom stereocenters. The number of benzene rings is 4. The zero-order chi connectivity index (χ0) is 36.3. The molecule has 4 aromatic carbocycles. The van der Waals surface area contributed by atoms with Gasteiger partial charge in [0.15, 0.2) is 0 Å². The number of aliphatic hydroxyl groups excluding tert-OH is 1. The van der Waals surface area contributed by atoms with E-state index in [0.29, 0.717) is 27.6 Å². The summed E-state index contributed by atoms with van der Waals surface area (Å²) >= 11 is 1.37. The largest absolute Gasteiger partial charge is 0.506 e. The molecule has 260 valence electrons. The molecule has 0 aliphatic heterocycles. The minimum Gasteiger partial charge on any atom is -0.506 e. The van der Waals surface area contributed by atoms with Crippen LogP contribution in [0.1, 0.15) is 49.2 Å². The average molecular weight is 708 g/mol. The number of pyridine rings is 1. The Bertz CT molecular complexity index is 2310. The molecule has 0 fully saturated rings. The Labute approximate surface area is 295 Å². The van der Waals surface area contributed by atoms with E-state index in [0.717, 1.165) is 9.75 Å². The highest BCUT2D eigenvalue weighted by Crippen LogP contribution is 2.35. The van der Waals surface area contributed by atoms with E-state index in [9.17, 15) is 34.8 Å². The number of carboxylic acids is 1. The molecule has 2 heterocycles. The summed E-state index contributed by atoms with van der Waals surface area (Å²) < 4.78 is 15.2. The van der Waals surface area contributed by atoms with Crippen LogP contribution < -0.4 is 16.2 Å². The topological polar surface area (TPSA) is 172 Å². The second-order valence-corrected chi connectivity index (χ2v) is 13.3. The van der Waals surface area contributed by atoms with Crippen molar-refractivity contribution >= 4 is 34.1 Å². The number of phenols is 1. The van der Waals surface area contributed by atoms with Crippen LogP contribution in [0.2, 0.25) is 0 Å². The van der Waals surface area contributed by atoms with Crippen LogP contribution in [0.4, 0.5) is 4.39 Å². The number of fused-ring (bicyclic) bond motifs is 1. The standard InChI is InChI=1S/C39H34FN3O7S/c1-22-16-30(31(40)18-24(22)19-41-21-33(45)28-11-13-32(44)36-29(28)12-15-35(46)43-36)37(47)42-20-27-10-14-34(51-27)23-6-5-9-26(17-23)39(50,38(48)49)25-7-3-2-4-8-25/h2-18,33,41,44-45,50H,19-21H2,1H3,(H,42,47)(H,43,46)(H,48,49)/t33-,39-/m0/s1. The van der Waals surface area contributed by atoms with E-state index in [1.165, 1.54) is 41.7 Å². The van der Waals surface area contributed by atoms with Gasteiger partial charge in [-0.25, -0.2) is 9.18 Å². The average Bonchev–Trinajstić information content (AvgIpc) is 3.61. The Morgan fingerprint density at radius 3 is 2.45 bits per heavy atom. The summed E-state index contributed by atoms with van der Waals surface area (Å²) in [6.07, 6.45) is -0.988. The summed E-state index contributed by atoms with van der Waals surface area (Å²) in [4.78, 5) is 41.1. The summed E-state index contributed by atoms with van der Waals surface area (Å²) in [5, 5.41) is 48.5. The molecular formula is C39H34FN3O7S.